The molecule has 0 saturated carbocycles. The number of likely N-dealkylation sites (N-methyl/N-ethyl adjacent to an activating group) is 1. The minimum Gasteiger partial charge on any atom is -0.444 e. The molecule has 9 heteroatoms. The van der Waals surface area contributed by atoms with Crippen LogP contribution in [0.1, 0.15) is 39.8 Å². The Hall–Kier alpha value is -2.86. The largest absolute Gasteiger partial charge is 0.444 e. The summed E-state index contributed by atoms with van der Waals surface area (Å²) in [6.07, 6.45) is 0.769. The molecule has 3 aliphatic rings. The van der Waals surface area contributed by atoms with Crippen LogP contribution in [-0.2, 0) is 4.74 Å². The second kappa shape index (κ2) is 8.58. The lowest BCUT2D eigenvalue weighted by molar-refractivity contribution is 0.0297. The predicted octanol–water partition coefficient (Wildman–Crippen LogP) is 2.25. The monoisotopic (exact) mass is 439 g/mol. The van der Waals surface area contributed by atoms with Gasteiger partial charge in [-0.3, -0.25) is 0 Å². The van der Waals surface area contributed by atoms with Gasteiger partial charge in [-0.25, -0.2) is 9.78 Å². The minimum atomic E-state index is -0.500. The van der Waals surface area contributed by atoms with E-state index in [0.29, 0.717) is 37.8 Å². The van der Waals surface area contributed by atoms with Crippen molar-refractivity contribution < 1.29 is 9.53 Å². The molecule has 1 fully saturated rings. The molecular weight excluding hydrogens is 406 g/mol. The van der Waals surface area contributed by atoms with E-state index in [0.717, 1.165) is 31.9 Å². The Labute approximate surface area is 190 Å². The quantitative estimate of drug-likeness (QED) is 0.649. The van der Waals surface area contributed by atoms with E-state index in [1.54, 1.807) is 11.0 Å². The zero-order valence-electron chi connectivity index (χ0n) is 19.8. The third kappa shape index (κ3) is 4.80. The highest BCUT2D eigenvalue weighted by Crippen LogP contribution is 2.31. The summed E-state index contributed by atoms with van der Waals surface area (Å²) >= 11 is 0. The Morgan fingerprint density at radius 1 is 1.16 bits per heavy atom. The molecule has 1 aromatic heterocycles. The highest BCUT2D eigenvalue weighted by atomic mass is 16.6. The molecule has 1 saturated heterocycles. The van der Waals surface area contributed by atoms with E-state index in [4.69, 9.17) is 9.72 Å². The summed E-state index contributed by atoms with van der Waals surface area (Å²) in [5.41, 5.74) is 2.36. The van der Waals surface area contributed by atoms with Crippen molar-refractivity contribution in [3.05, 3.63) is 22.9 Å². The second-order valence-electron chi connectivity index (χ2n) is 10.1. The first kappa shape index (κ1) is 22.3. The average molecular weight is 440 g/mol. The summed E-state index contributed by atoms with van der Waals surface area (Å²) in [6.45, 7) is 13.3. The van der Waals surface area contributed by atoms with Crippen LogP contribution in [0.5, 0.6) is 0 Å². The Balaban J connectivity index is 1.47. The van der Waals surface area contributed by atoms with Crippen molar-refractivity contribution in [3.63, 3.8) is 0 Å². The van der Waals surface area contributed by atoms with Crippen LogP contribution in [-0.4, -0.2) is 90.4 Å². The molecule has 4 rings (SSSR count). The number of nitriles is 1. The van der Waals surface area contributed by atoms with Crippen molar-refractivity contribution in [2.45, 2.75) is 45.8 Å². The molecule has 0 bridgehead atoms. The third-order valence-electron chi connectivity index (χ3n) is 6.12. The number of nitrogens with zero attached hydrogens (tertiary/aromatic N) is 7. The second-order valence-corrected chi connectivity index (χ2v) is 10.1. The summed E-state index contributed by atoms with van der Waals surface area (Å²) in [5.74, 6) is 1.40. The molecule has 0 unspecified atom stereocenters. The Morgan fingerprint density at radius 3 is 2.47 bits per heavy atom. The number of amides is 1. The fourth-order valence-corrected chi connectivity index (χ4v) is 4.64. The maximum atomic E-state index is 12.4. The van der Waals surface area contributed by atoms with Gasteiger partial charge in [0.2, 0.25) is 5.95 Å². The Morgan fingerprint density at radius 2 is 1.84 bits per heavy atom. The van der Waals surface area contributed by atoms with Crippen LogP contribution in [0.4, 0.5) is 16.6 Å². The summed E-state index contributed by atoms with van der Waals surface area (Å²) in [7, 11) is 2.13. The molecule has 172 valence electrons. The smallest absolute Gasteiger partial charge is 0.410 e. The number of rotatable bonds is 2. The number of hydrogen-bond acceptors (Lipinski definition) is 8. The highest BCUT2D eigenvalue weighted by Gasteiger charge is 2.35. The fourth-order valence-electron chi connectivity index (χ4n) is 4.64. The number of anilines is 2. The van der Waals surface area contributed by atoms with Gasteiger partial charge in [-0.2, -0.15) is 10.2 Å². The standard InChI is InChI=1S/C23H33N7O2/c1-16-11-27(5)7-6-8-30(16)21-25-19(10-24)9-20(26-21)28-12-17-14-29(15-18(17)13-28)22(31)32-23(2,3)4/h9,16H,6-8,11-15H2,1-5H3/t16-/m0/s1. The first-order valence-electron chi connectivity index (χ1n) is 11.3. The molecule has 0 spiro atoms. The van der Waals surface area contributed by atoms with Crippen molar-refractivity contribution in [1.29, 1.82) is 5.26 Å². The lowest BCUT2D eigenvalue weighted by atomic mass is 10.2. The molecule has 1 atom stereocenters. The lowest BCUT2D eigenvalue weighted by Gasteiger charge is -2.30. The van der Waals surface area contributed by atoms with Crippen LogP contribution < -0.4 is 9.80 Å². The predicted molar refractivity (Wildman–Crippen MR) is 123 cm³/mol. The lowest BCUT2D eigenvalue weighted by Crippen LogP contribution is -2.39. The van der Waals surface area contributed by atoms with E-state index in [1.165, 1.54) is 11.1 Å². The number of aromatic nitrogens is 2. The maximum Gasteiger partial charge on any atom is 0.410 e. The average Bonchev–Trinajstić information content (AvgIpc) is 3.24. The highest BCUT2D eigenvalue weighted by molar-refractivity contribution is 5.71. The van der Waals surface area contributed by atoms with Crippen LogP contribution in [0.3, 0.4) is 0 Å². The van der Waals surface area contributed by atoms with Gasteiger partial charge >= 0.3 is 6.09 Å². The number of hydrogen-bond donors (Lipinski definition) is 0. The van der Waals surface area contributed by atoms with Gasteiger partial charge in [0, 0.05) is 51.4 Å². The SMILES string of the molecule is C[C@H]1CN(C)CCCN1c1nc(C#N)cc(N2CC3=C(CN(C(=O)OC(C)(C)C)C3)C2)n1. The van der Waals surface area contributed by atoms with Gasteiger partial charge in [0.05, 0.1) is 0 Å². The molecule has 1 amide bonds. The van der Waals surface area contributed by atoms with E-state index in [1.807, 2.05) is 20.8 Å². The molecule has 32 heavy (non-hydrogen) atoms. The summed E-state index contributed by atoms with van der Waals surface area (Å²) in [5, 5.41) is 9.59. The molecule has 0 radical (unpaired) electrons. The first-order chi connectivity index (χ1) is 15.1. The number of carbonyl (C=O) groups excluding carboxylic acids is 1. The van der Waals surface area contributed by atoms with E-state index >= 15 is 0 Å². The number of ether oxygens (including phenoxy) is 1. The van der Waals surface area contributed by atoms with Gasteiger partial charge in [0.1, 0.15) is 23.2 Å². The van der Waals surface area contributed by atoms with Crippen molar-refractivity contribution in [2.24, 2.45) is 0 Å². The third-order valence-corrected chi connectivity index (χ3v) is 6.12. The Kier molecular flexibility index (Phi) is 5.99. The summed E-state index contributed by atoms with van der Waals surface area (Å²) in [6, 6.07) is 4.25. The van der Waals surface area contributed by atoms with Crippen LogP contribution >= 0.6 is 0 Å². The molecule has 0 aromatic carbocycles. The molecule has 4 heterocycles. The van der Waals surface area contributed by atoms with Gasteiger partial charge in [-0.1, -0.05) is 0 Å². The van der Waals surface area contributed by atoms with Gasteiger partial charge in [0.25, 0.3) is 0 Å². The van der Waals surface area contributed by atoms with Gasteiger partial charge in [-0.05, 0) is 58.9 Å². The zero-order chi connectivity index (χ0) is 23.0. The molecule has 0 aliphatic carbocycles. The molecule has 0 N–H and O–H groups in total. The van der Waals surface area contributed by atoms with Crippen molar-refractivity contribution in [3.8, 4) is 6.07 Å². The molecule has 3 aliphatic heterocycles. The minimum absolute atomic E-state index is 0.269. The van der Waals surface area contributed by atoms with Gasteiger partial charge < -0.3 is 24.3 Å². The zero-order valence-corrected chi connectivity index (χ0v) is 19.8. The Bertz CT molecular complexity index is 944. The van der Waals surface area contributed by atoms with Gasteiger partial charge in [0.15, 0.2) is 0 Å². The van der Waals surface area contributed by atoms with Gasteiger partial charge in [-0.15, -0.1) is 0 Å². The fraction of sp³-hybridized carbons (Fsp3) is 0.652. The van der Waals surface area contributed by atoms with E-state index in [2.05, 4.69) is 39.7 Å². The summed E-state index contributed by atoms with van der Waals surface area (Å²) in [4.78, 5) is 30.3. The number of carbonyl (C=O) groups is 1. The first-order valence-corrected chi connectivity index (χ1v) is 11.3. The van der Waals surface area contributed by atoms with Crippen LogP contribution in [0.25, 0.3) is 0 Å². The van der Waals surface area contributed by atoms with Crippen molar-refractivity contribution >= 4 is 17.9 Å². The van der Waals surface area contributed by atoms with Crippen molar-refractivity contribution in [1.82, 2.24) is 19.8 Å². The molecule has 1 aromatic rings. The molecule has 9 nitrogen and oxygen atoms in total. The van der Waals surface area contributed by atoms with E-state index < -0.39 is 5.60 Å². The van der Waals surface area contributed by atoms with Crippen molar-refractivity contribution in [2.75, 3.05) is 62.7 Å². The van der Waals surface area contributed by atoms with Crippen LogP contribution in [0.2, 0.25) is 0 Å². The van der Waals surface area contributed by atoms with Crippen LogP contribution in [0, 0.1) is 11.3 Å². The topological polar surface area (TPSA) is 88.8 Å². The van der Waals surface area contributed by atoms with E-state index in [-0.39, 0.29) is 12.1 Å². The maximum absolute atomic E-state index is 12.4. The normalized spacial score (nSPS) is 22.1. The van der Waals surface area contributed by atoms with E-state index in [9.17, 15) is 10.1 Å². The molecular formula is C23H33N7O2. The summed E-state index contributed by atoms with van der Waals surface area (Å²) < 4.78 is 5.52. The van der Waals surface area contributed by atoms with Crippen LogP contribution in [0.15, 0.2) is 17.2 Å².